The zero-order valence-electron chi connectivity index (χ0n) is 22.8. The van der Waals surface area contributed by atoms with Crippen LogP contribution in [-0.4, -0.2) is 45.7 Å². The Morgan fingerprint density at radius 3 is 1.73 bits per heavy atom. The Labute approximate surface area is 236 Å². The number of nitrogens with one attached hydrogen (secondary N) is 1. The number of hydrogen-bond donors (Lipinski definition) is 3. The van der Waals surface area contributed by atoms with E-state index in [0.29, 0.717) is 24.0 Å². The van der Waals surface area contributed by atoms with Crippen molar-refractivity contribution < 1.29 is 25.3 Å². The number of carboxylic acids is 2. The largest absolute Gasteiger partial charge is 0.478 e. The smallest absolute Gasteiger partial charge is 0.328 e. The summed E-state index contributed by atoms with van der Waals surface area (Å²) in [6, 6.07) is 32.8. The van der Waals surface area contributed by atoms with Crippen molar-refractivity contribution in [2.45, 2.75) is 38.0 Å². The Morgan fingerprint density at radius 2 is 1.27 bits per heavy atom. The van der Waals surface area contributed by atoms with Gasteiger partial charge in [0, 0.05) is 36.9 Å². The minimum Gasteiger partial charge on any atom is -0.478 e. The number of hydrazine groups is 1. The monoisotopic (exact) mass is 544 g/mol. The predicted octanol–water partition coefficient (Wildman–Crippen LogP) is 5.46. The average molecular weight is 545 g/mol. The molecule has 3 aromatic rings. The highest BCUT2D eigenvalue weighted by molar-refractivity contribution is 5.89. The minimum absolute atomic E-state index is 0. The van der Waals surface area contributed by atoms with Gasteiger partial charge in [-0.05, 0) is 54.7 Å². The van der Waals surface area contributed by atoms with Crippen molar-refractivity contribution in [3.8, 4) is 0 Å². The van der Waals surface area contributed by atoms with Crippen molar-refractivity contribution in [2.24, 2.45) is 5.92 Å². The van der Waals surface area contributed by atoms with Gasteiger partial charge < -0.3 is 21.1 Å². The molecule has 1 aliphatic heterocycles. The van der Waals surface area contributed by atoms with Crippen LogP contribution in [-0.2, 0) is 16.0 Å². The molecule has 0 spiro atoms. The third-order valence-electron chi connectivity index (χ3n) is 6.80. The molecule has 1 aliphatic rings. The Hall–Kier alpha value is -4.20. The number of carbonyl (C=O) groups is 2. The van der Waals surface area contributed by atoms with Gasteiger partial charge in [-0.2, -0.15) is 0 Å². The van der Waals surface area contributed by atoms with Gasteiger partial charge in [0.25, 0.3) is 0 Å². The van der Waals surface area contributed by atoms with Gasteiger partial charge in [-0.3, -0.25) is 0 Å². The van der Waals surface area contributed by atoms with E-state index in [2.05, 4.69) is 108 Å². The van der Waals surface area contributed by atoms with E-state index in [0.717, 1.165) is 38.0 Å². The molecular formula is C33H40N2O5. The van der Waals surface area contributed by atoms with Gasteiger partial charge in [0.1, 0.15) is 0 Å². The van der Waals surface area contributed by atoms with Crippen LogP contribution in [0.25, 0.3) is 0 Å². The predicted molar refractivity (Wildman–Crippen MR) is 159 cm³/mol. The summed E-state index contributed by atoms with van der Waals surface area (Å²) in [6.45, 7) is 6.41. The minimum atomic E-state index is -1.26. The molecule has 1 fully saturated rings. The third-order valence-corrected chi connectivity index (χ3v) is 6.80. The number of hydrogen-bond acceptors (Lipinski definition) is 4. The molecule has 3 aromatic carbocycles. The number of carboxylic acid groups (broad SMARTS) is 2. The van der Waals surface area contributed by atoms with Crippen LogP contribution in [0.1, 0.15) is 48.3 Å². The molecule has 1 saturated heterocycles. The van der Waals surface area contributed by atoms with Crippen LogP contribution in [0.4, 0.5) is 0 Å². The van der Waals surface area contributed by atoms with E-state index in [4.69, 9.17) is 10.2 Å². The number of aryl methyl sites for hydroxylation is 1. The van der Waals surface area contributed by atoms with E-state index in [1.165, 1.54) is 29.5 Å². The lowest BCUT2D eigenvalue weighted by Crippen LogP contribution is -2.44. The second kappa shape index (κ2) is 17.4. The zero-order valence-corrected chi connectivity index (χ0v) is 22.8. The van der Waals surface area contributed by atoms with E-state index < -0.39 is 11.9 Å². The average Bonchev–Trinajstić information content (AvgIpc) is 2.95. The molecule has 212 valence electrons. The summed E-state index contributed by atoms with van der Waals surface area (Å²) in [4.78, 5) is 19.1. The van der Waals surface area contributed by atoms with E-state index >= 15 is 0 Å². The van der Waals surface area contributed by atoms with Crippen molar-refractivity contribution in [2.75, 3.05) is 13.1 Å². The van der Waals surface area contributed by atoms with E-state index in [1.54, 1.807) is 0 Å². The summed E-state index contributed by atoms with van der Waals surface area (Å²) in [7, 11) is 0. The number of piperidine rings is 1. The Kier molecular flexibility index (Phi) is 13.9. The fourth-order valence-corrected chi connectivity index (χ4v) is 4.97. The van der Waals surface area contributed by atoms with Gasteiger partial charge in [0.15, 0.2) is 0 Å². The van der Waals surface area contributed by atoms with Crippen molar-refractivity contribution in [1.29, 1.82) is 0 Å². The topological polar surface area (TPSA) is 121 Å². The van der Waals surface area contributed by atoms with Crippen LogP contribution in [0.5, 0.6) is 0 Å². The molecule has 1 heterocycles. The van der Waals surface area contributed by atoms with E-state index in [-0.39, 0.29) is 5.48 Å². The van der Waals surface area contributed by atoms with Crippen LogP contribution in [0.3, 0.4) is 0 Å². The highest BCUT2D eigenvalue weighted by atomic mass is 16.4. The molecule has 0 aliphatic carbocycles. The Bertz CT molecular complexity index is 1140. The summed E-state index contributed by atoms with van der Waals surface area (Å²) in [5.74, 6) is -1.38. The van der Waals surface area contributed by atoms with Gasteiger partial charge in [0.05, 0.1) is 0 Å². The molecule has 0 aromatic heterocycles. The van der Waals surface area contributed by atoms with Crippen LogP contribution in [0, 0.1) is 5.92 Å². The number of aliphatic carboxylic acids is 2. The van der Waals surface area contributed by atoms with Crippen LogP contribution >= 0.6 is 0 Å². The lowest BCUT2D eigenvalue weighted by atomic mass is 9.76. The van der Waals surface area contributed by atoms with Crippen LogP contribution in [0.15, 0.2) is 115 Å². The van der Waals surface area contributed by atoms with Gasteiger partial charge in [-0.1, -0.05) is 97.6 Å². The fraction of sp³-hybridized carbons (Fsp3) is 0.273. The first-order valence-corrected chi connectivity index (χ1v) is 13.4. The number of allylic oxidation sites excluding steroid dienone is 1. The van der Waals surface area contributed by atoms with E-state index in [1.807, 2.05) is 0 Å². The quantitative estimate of drug-likeness (QED) is 0.276. The van der Waals surface area contributed by atoms with Crippen molar-refractivity contribution in [3.63, 3.8) is 0 Å². The zero-order chi connectivity index (χ0) is 27.9. The van der Waals surface area contributed by atoms with Crippen LogP contribution in [0.2, 0.25) is 0 Å². The molecule has 40 heavy (non-hydrogen) atoms. The summed E-state index contributed by atoms with van der Waals surface area (Å²) >= 11 is 0. The second-order valence-corrected chi connectivity index (χ2v) is 9.69. The first-order valence-electron chi connectivity index (χ1n) is 13.4. The molecular weight excluding hydrogens is 504 g/mol. The highest BCUT2D eigenvalue weighted by Gasteiger charge is 2.28. The maximum Gasteiger partial charge on any atom is 0.328 e. The van der Waals surface area contributed by atoms with Gasteiger partial charge in [-0.25, -0.2) is 14.6 Å². The second-order valence-electron chi connectivity index (χ2n) is 9.69. The maximum atomic E-state index is 9.55. The highest BCUT2D eigenvalue weighted by Crippen LogP contribution is 2.37. The molecule has 7 heteroatoms. The van der Waals surface area contributed by atoms with Crippen LogP contribution < -0.4 is 5.43 Å². The van der Waals surface area contributed by atoms with Crippen molar-refractivity contribution >= 4 is 11.9 Å². The number of benzene rings is 3. The Balaban J connectivity index is 0.000000546. The molecule has 0 radical (unpaired) electrons. The Morgan fingerprint density at radius 1 is 0.825 bits per heavy atom. The molecule has 0 unspecified atom stereocenters. The number of nitrogens with zero attached hydrogens (tertiary/aromatic N) is 1. The third kappa shape index (κ3) is 11.3. The first-order chi connectivity index (χ1) is 18.9. The molecule has 5 N–H and O–H groups in total. The molecule has 0 bridgehead atoms. The van der Waals surface area contributed by atoms with Gasteiger partial charge in [0.2, 0.25) is 0 Å². The van der Waals surface area contributed by atoms with Crippen molar-refractivity contribution in [3.05, 3.63) is 132 Å². The maximum absolute atomic E-state index is 9.55. The summed E-state index contributed by atoms with van der Waals surface area (Å²) < 4.78 is 0. The molecule has 7 nitrogen and oxygen atoms in total. The molecule has 0 saturated carbocycles. The normalized spacial score (nSPS) is 13.6. The lowest BCUT2D eigenvalue weighted by molar-refractivity contribution is -0.134. The molecule has 0 amide bonds. The van der Waals surface area contributed by atoms with E-state index in [9.17, 15) is 9.59 Å². The number of rotatable bonds is 11. The fourth-order valence-electron chi connectivity index (χ4n) is 4.97. The first kappa shape index (κ1) is 32.0. The lowest BCUT2D eigenvalue weighted by Gasteiger charge is -2.37. The summed E-state index contributed by atoms with van der Waals surface area (Å²) in [5.41, 5.74) is 9.00. The molecule has 4 rings (SSSR count). The molecule has 0 atom stereocenters. The van der Waals surface area contributed by atoms with Gasteiger partial charge >= 0.3 is 11.9 Å². The van der Waals surface area contributed by atoms with Gasteiger partial charge in [-0.15, -0.1) is 0 Å². The summed E-state index contributed by atoms with van der Waals surface area (Å²) in [5, 5.41) is 18.0. The summed E-state index contributed by atoms with van der Waals surface area (Å²) in [6.07, 6.45) is 6.77. The van der Waals surface area contributed by atoms with Crippen molar-refractivity contribution in [1.82, 2.24) is 10.4 Å². The standard InChI is InChI=1S/C29H34N2.C4H4O4.H2O/c1-24(12-11-15-25-13-5-2-6-14-25)30-31-22-20-28(21-23-31)29(26-16-7-3-8-17-26)27-18-9-4-10-19-27;5-3(6)1-2-4(7)8;/h2-10,13-14,16-19,28-30H,1,11-12,15,20-23H2;1-2H,(H,5,6)(H,7,8);1H2. The SMILES string of the molecule is C=C(CCCc1ccccc1)NN1CCC(C(c2ccccc2)c2ccccc2)CC1.O.O=C(O)C=CC(=O)O.